The molecule has 1 aliphatic rings. The van der Waals surface area contributed by atoms with Gasteiger partial charge in [-0.15, -0.1) is 5.73 Å². The third kappa shape index (κ3) is 8.89. The number of allylic oxidation sites excluding steroid dienone is 1. The Morgan fingerprint density at radius 1 is 1.26 bits per heavy atom. The van der Waals surface area contributed by atoms with E-state index in [-0.39, 0.29) is 17.8 Å². The van der Waals surface area contributed by atoms with E-state index in [0.29, 0.717) is 32.1 Å². The van der Waals surface area contributed by atoms with Crippen molar-refractivity contribution in [1.82, 2.24) is 0 Å². The fourth-order valence-corrected chi connectivity index (χ4v) is 3.50. The minimum absolute atomic E-state index is 0.107. The maximum absolute atomic E-state index is 11.0. The molecule has 0 bridgehead atoms. The van der Waals surface area contributed by atoms with Crippen LogP contribution in [-0.2, 0) is 9.53 Å². The average Bonchev–Trinajstić information content (AvgIpc) is 2.89. The highest BCUT2D eigenvalue weighted by molar-refractivity contribution is 5.69. The van der Waals surface area contributed by atoms with Crippen molar-refractivity contribution >= 4 is 5.97 Å². The first-order valence-electron chi connectivity index (χ1n) is 10.0. The zero-order valence-electron chi connectivity index (χ0n) is 16.9. The van der Waals surface area contributed by atoms with E-state index in [0.717, 1.165) is 19.3 Å². The van der Waals surface area contributed by atoms with E-state index in [1.54, 1.807) is 19.1 Å². The zero-order valence-corrected chi connectivity index (χ0v) is 16.9. The minimum atomic E-state index is -0.892. The van der Waals surface area contributed by atoms with Crippen LogP contribution in [0.15, 0.2) is 30.0 Å². The molecule has 0 heterocycles. The number of hydrogen-bond acceptors (Lipinski definition) is 5. The monoisotopic (exact) mass is 380 g/mol. The van der Waals surface area contributed by atoms with Crippen molar-refractivity contribution in [3.63, 3.8) is 0 Å². The van der Waals surface area contributed by atoms with E-state index in [2.05, 4.69) is 17.4 Å². The minimum Gasteiger partial charge on any atom is -0.469 e. The van der Waals surface area contributed by atoms with Gasteiger partial charge in [-0.05, 0) is 44.3 Å². The molecule has 1 unspecified atom stereocenters. The number of methoxy groups -OCH3 is 1. The summed E-state index contributed by atoms with van der Waals surface area (Å²) in [4.78, 5) is 11.0. The van der Waals surface area contributed by atoms with Crippen LogP contribution in [0.5, 0.6) is 0 Å². The van der Waals surface area contributed by atoms with Gasteiger partial charge in [-0.1, -0.05) is 38.3 Å². The summed E-state index contributed by atoms with van der Waals surface area (Å²) in [6.07, 6.45) is 11.7. The Balaban J connectivity index is 2.62. The first-order valence-corrected chi connectivity index (χ1v) is 10.0. The molecule has 0 amide bonds. The van der Waals surface area contributed by atoms with Crippen LogP contribution in [0.4, 0.5) is 0 Å². The molecule has 0 aromatic heterocycles. The van der Waals surface area contributed by atoms with E-state index < -0.39 is 17.8 Å². The summed E-state index contributed by atoms with van der Waals surface area (Å²) >= 11 is 0. The van der Waals surface area contributed by atoms with Crippen molar-refractivity contribution in [1.29, 1.82) is 0 Å². The molecule has 1 rings (SSSR count). The molecule has 0 saturated heterocycles. The standard InChI is InChI=1S/C22H36O5/c1-4-5-10-14-22(2,26)15-13-18-17(19(23)16-20(18)24)11-8-6-7-9-12-21(25)27-3/h7-8,13,15,17-20,23-24,26H,4-5,9-12,14,16H2,1-3H3/b15-13+/t6?,17-,18-,19+,20-,22?/m1/s1. The van der Waals surface area contributed by atoms with Gasteiger partial charge in [0, 0.05) is 18.8 Å². The highest BCUT2D eigenvalue weighted by Gasteiger charge is 2.39. The molecular weight excluding hydrogens is 344 g/mol. The Hall–Kier alpha value is -1.39. The molecule has 0 spiro atoms. The molecule has 0 aromatic carbocycles. The lowest BCUT2D eigenvalue weighted by atomic mass is 9.88. The molecule has 5 heteroatoms. The van der Waals surface area contributed by atoms with Gasteiger partial charge in [0.2, 0.25) is 0 Å². The lowest BCUT2D eigenvalue weighted by Gasteiger charge is -2.23. The van der Waals surface area contributed by atoms with Crippen molar-refractivity contribution < 1.29 is 24.9 Å². The first kappa shape index (κ1) is 23.6. The van der Waals surface area contributed by atoms with Gasteiger partial charge in [-0.2, -0.15) is 0 Å². The molecule has 1 aliphatic carbocycles. The second-order valence-electron chi connectivity index (χ2n) is 7.71. The van der Waals surface area contributed by atoms with Crippen molar-refractivity contribution in [2.45, 2.75) is 83.0 Å². The van der Waals surface area contributed by atoms with Gasteiger partial charge < -0.3 is 20.1 Å². The normalized spacial score (nSPS) is 27.2. The van der Waals surface area contributed by atoms with Crippen LogP contribution in [0.25, 0.3) is 0 Å². The molecule has 0 radical (unpaired) electrons. The summed E-state index contributed by atoms with van der Waals surface area (Å²) < 4.78 is 4.58. The molecule has 154 valence electrons. The number of unbranched alkanes of at least 4 members (excludes halogenated alkanes) is 2. The van der Waals surface area contributed by atoms with Gasteiger partial charge >= 0.3 is 5.97 Å². The molecule has 1 fully saturated rings. The highest BCUT2D eigenvalue weighted by atomic mass is 16.5. The van der Waals surface area contributed by atoms with E-state index in [1.807, 2.05) is 12.2 Å². The largest absolute Gasteiger partial charge is 0.469 e. The number of ether oxygens (including phenoxy) is 1. The summed E-state index contributed by atoms with van der Waals surface area (Å²) in [5.41, 5.74) is 2.14. The maximum Gasteiger partial charge on any atom is 0.305 e. The molecule has 5 nitrogen and oxygen atoms in total. The van der Waals surface area contributed by atoms with Gasteiger partial charge in [0.25, 0.3) is 0 Å². The number of aliphatic hydroxyl groups is 3. The molecule has 3 N–H and O–H groups in total. The van der Waals surface area contributed by atoms with Crippen LogP contribution in [0, 0.1) is 11.8 Å². The molecular formula is C22H36O5. The van der Waals surface area contributed by atoms with Crippen LogP contribution >= 0.6 is 0 Å². The molecule has 5 atom stereocenters. The summed E-state index contributed by atoms with van der Waals surface area (Å²) in [7, 11) is 1.36. The third-order valence-electron chi connectivity index (χ3n) is 5.23. The Labute approximate surface area is 163 Å². The lowest BCUT2D eigenvalue weighted by molar-refractivity contribution is -0.140. The second-order valence-corrected chi connectivity index (χ2v) is 7.71. The van der Waals surface area contributed by atoms with E-state index in [4.69, 9.17) is 0 Å². The van der Waals surface area contributed by atoms with Gasteiger partial charge in [-0.25, -0.2) is 0 Å². The first-order chi connectivity index (χ1) is 12.8. The number of carbonyl (C=O) groups excluding carboxylic acids is 1. The fourth-order valence-electron chi connectivity index (χ4n) is 3.50. The summed E-state index contributed by atoms with van der Waals surface area (Å²) in [5, 5.41) is 31.0. The van der Waals surface area contributed by atoms with Crippen LogP contribution in [0.1, 0.15) is 65.2 Å². The van der Waals surface area contributed by atoms with E-state index in [1.165, 1.54) is 7.11 Å². The van der Waals surface area contributed by atoms with Gasteiger partial charge in [-0.3, -0.25) is 4.79 Å². The van der Waals surface area contributed by atoms with Crippen molar-refractivity contribution in [3.8, 4) is 0 Å². The smallest absolute Gasteiger partial charge is 0.305 e. The predicted octanol–water partition coefficient (Wildman–Crippen LogP) is 3.29. The lowest BCUT2D eigenvalue weighted by Crippen LogP contribution is -2.24. The van der Waals surface area contributed by atoms with Crippen LogP contribution < -0.4 is 0 Å². The topological polar surface area (TPSA) is 87.0 Å². The highest BCUT2D eigenvalue weighted by Crippen LogP contribution is 2.36. The van der Waals surface area contributed by atoms with Gasteiger partial charge in [0.05, 0.1) is 24.9 Å². The Kier molecular flexibility index (Phi) is 10.6. The molecule has 0 aromatic rings. The average molecular weight is 381 g/mol. The summed E-state index contributed by atoms with van der Waals surface area (Å²) in [6, 6.07) is 0. The molecule has 27 heavy (non-hydrogen) atoms. The van der Waals surface area contributed by atoms with Crippen molar-refractivity contribution in [3.05, 3.63) is 30.0 Å². The zero-order chi connectivity index (χ0) is 20.3. The van der Waals surface area contributed by atoms with Crippen molar-refractivity contribution in [2.75, 3.05) is 7.11 Å². The van der Waals surface area contributed by atoms with E-state index in [9.17, 15) is 20.1 Å². The Morgan fingerprint density at radius 3 is 2.67 bits per heavy atom. The quantitative estimate of drug-likeness (QED) is 0.222. The maximum atomic E-state index is 11.0. The molecule has 0 aliphatic heterocycles. The van der Waals surface area contributed by atoms with E-state index >= 15 is 0 Å². The summed E-state index contributed by atoms with van der Waals surface area (Å²) in [5.74, 6) is -0.548. The molecule has 1 saturated carbocycles. The van der Waals surface area contributed by atoms with Crippen LogP contribution in [0.3, 0.4) is 0 Å². The SMILES string of the molecule is CCCCCC(C)(O)/C=C/[C@@H]1[C@@H](CC=C=CCCC(=O)OC)[C@@H](O)C[C@H]1O. The Morgan fingerprint density at radius 2 is 2.00 bits per heavy atom. The fraction of sp³-hybridized carbons (Fsp3) is 0.727. The number of esters is 1. The number of aliphatic hydroxyl groups excluding tert-OH is 2. The van der Waals surface area contributed by atoms with Crippen molar-refractivity contribution in [2.24, 2.45) is 11.8 Å². The number of hydrogen-bond donors (Lipinski definition) is 3. The van der Waals surface area contributed by atoms with Crippen LogP contribution in [0.2, 0.25) is 0 Å². The third-order valence-corrected chi connectivity index (χ3v) is 5.23. The second kappa shape index (κ2) is 12.1. The van der Waals surface area contributed by atoms with Gasteiger partial charge in [0.15, 0.2) is 0 Å². The van der Waals surface area contributed by atoms with Crippen LogP contribution in [-0.4, -0.2) is 46.2 Å². The summed E-state index contributed by atoms with van der Waals surface area (Å²) in [6.45, 7) is 3.92. The number of rotatable bonds is 11. The number of carbonyl (C=O) groups is 1. The Bertz CT molecular complexity index is 531. The van der Waals surface area contributed by atoms with Gasteiger partial charge in [0.1, 0.15) is 0 Å². The predicted molar refractivity (Wildman–Crippen MR) is 106 cm³/mol.